The highest BCUT2D eigenvalue weighted by molar-refractivity contribution is 5.70. The fourth-order valence-electron chi connectivity index (χ4n) is 4.36. The van der Waals surface area contributed by atoms with Crippen molar-refractivity contribution in [2.75, 3.05) is 41.3 Å². The molecule has 0 heterocycles. The predicted octanol–water partition coefficient (Wildman–Crippen LogP) is 3.37. The van der Waals surface area contributed by atoms with Crippen LogP contribution in [-0.2, 0) is 15.1 Å². The van der Waals surface area contributed by atoms with Crippen LogP contribution in [0.3, 0.4) is 0 Å². The molecule has 0 saturated heterocycles. The summed E-state index contributed by atoms with van der Waals surface area (Å²) in [5, 5.41) is 0. The van der Waals surface area contributed by atoms with E-state index in [4.69, 9.17) is 4.74 Å². The van der Waals surface area contributed by atoms with Gasteiger partial charge in [0.15, 0.2) is 0 Å². The third kappa shape index (κ3) is 4.62. The molecule has 0 aliphatic heterocycles. The van der Waals surface area contributed by atoms with Gasteiger partial charge >= 0.3 is 5.97 Å². The van der Waals surface area contributed by atoms with Crippen molar-refractivity contribution in [1.82, 2.24) is 9.80 Å². The Morgan fingerprint density at radius 1 is 1.04 bits per heavy atom. The minimum absolute atomic E-state index is 0.0988. The van der Waals surface area contributed by atoms with Gasteiger partial charge in [0.05, 0.1) is 0 Å². The van der Waals surface area contributed by atoms with Crippen molar-refractivity contribution in [3.63, 3.8) is 0 Å². The van der Waals surface area contributed by atoms with Crippen LogP contribution in [0.15, 0.2) is 30.3 Å². The third-order valence-corrected chi connectivity index (χ3v) is 5.29. The SMILES string of the molecule is CCC(=O)OC1(c2ccccc2)[C@H](CN(C)C)CCC[C@H]1CN(C)C. The molecule has 0 amide bonds. The van der Waals surface area contributed by atoms with Gasteiger partial charge in [0, 0.05) is 31.3 Å². The average Bonchev–Trinajstić information content (AvgIpc) is 2.57. The molecular weight excluding hydrogens is 312 g/mol. The van der Waals surface area contributed by atoms with Crippen molar-refractivity contribution < 1.29 is 9.53 Å². The van der Waals surface area contributed by atoms with Crippen LogP contribution < -0.4 is 0 Å². The molecule has 1 aromatic rings. The highest BCUT2D eigenvalue weighted by Gasteiger charge is 2.52. The molecule has 1 aromatic carbocycles. The van der Waals surface area contributed by atoms with E-state index in [1.54, 1.807) is 0 Å². The second kappa shape index (κ2) is 8.81. The number of esters is 1. The summed E-state index contributed by atoms with van der Waals surface area (Å²) in [6.45, 7) is 3.73. The van der Waals surface area contributed by atoms with Crippen molar-refractivity contribution in [1.29, 1.82) is 0 Å². The van der Waals surface area contributed by atoms with Gasteiger partial charge in [-0.2, -0.15) is 0 Å². The zero-order valence-corrected chi connectivity index (χ0v) is 16.5. The first-order valence-corrected chi connectivity index (χ1v) is 9.47. The van der Waals surface area contributed by atoms with Gasteiger partial charge in [-0.15, -0.1) is 0 Å². The van der Waals surface area contributed by atoms with Gasteiger partial charge in [-0.3, -0.25) is 4.79 Å². The summed E-state index contributed by atoms with van der Waals surface area (Å²) < 4.78 is 6.35. The Balaban J connectivity index is 2.55. The first kappa shape index (κ1) is 19.9. The fraction of sp³-hybridized carbons (Fsp3) is 0.667. The molecule has 4 nitrogen and oxygen atoms in total. The number of benzene rings is 1. The molecule has 0 radical (unpaired) electrons. The summed E-state index contributed by atoms with van der Waals surface area (Å²) in [6.07, 6.45) is 3.79. The Labute approximate surface area is 153 Å². The van der Waals surface area contributed by atoms with Crippen molar-refractivity contribution >= 4 is 5.97 Å². The maximum atomic E-state index is 12.5. The molecule has 0 aromatic heterocycles. The largest absolute Gasteiger partial charge is 0.453 e. The quantitative estimate of drug-likeness (QED) is 0.709. The molecule has 1 aliphatic rings. The second-order valence-electron chi connectivity index (χ2n) is 7.84. The number of nitrogens with zero attached hydrogens (tertiary/aromatic N) is 2. The Morgan fingerprint density at radius 2 is 1.56 bits per heavy atom. The van der Waals surface area contributed by atoms with Gasteiger partial charge in [0.25, 0.3) is 0 Å². The van der Waals surface area contributed by atoms with Crippen molar-refractivity contribution in [2.24, 2.45) is 11.8 Å². The van der Waals surface area contributed by atoms with Crippen LogP contribution in [0.5, 0.6) is 0 Å². The summed E-state index contributed by atoms with van der Waals surface area (Å²) in [5.74, 6) is 0.511. The number of rotatable bonds is 7. The maximum Gasteiger partial charge on any atom is 0.306 e. The third-order valence-electron chi connectivity index (χ3n) is 5.29. The van der Waals surface area contributed by atoms with Gasteiger partial charge in [-0.05, 0) is 46.6 Å². The summed E-state index contributed by atoms with van der Waals surface area (Å²) in [4.78, 5) is 16.9. The smallest absolute Gasteiger partial charge is 0.306 e. The zero-order chi connectivity index (χ0) is 18.4. The molecule has 0 spiro atoms. The van der Waals surface area contributed by atoms with Gasteiger partial charge in [0.1, 0.15) is 5.60 Å². The van der Waals surface area contributed by atoms with E-state index in [0.717, 1.165) is 31.5 Å². The van der Waals surface area contributed by atoms with Crippen LogP contribution in [-0.4, -0.2) is 57.0 Å². The number of hydrogen-bond acceptors (Lipinski definition) is 4. The number of carbonyl (C=O) groups excluding carboxylic acids is 1. The van der Waals surface area contributed by atoms with Crippen LogP contribution in [0.2, 0.25) is 0 Å². The molecule has 0 unspecified atom stereocenters. The van der Waals surface area contributed by atoms with Gasteiger partial charge < -0.3 is 14.5 Å². The molecule has 140 valence electrons. The molecule has 2 atom stereocenters. The molecule has 1 saturated carbocycles. The molecule has 4 heteroatoms. The fourth-order valence-corrected chi connectivity index (χ4v) is 4.36. The maximum absolute atomic E-state index is 12.5. The monoisotopic (exact) mass is 346 g/mol. The lowest BCUT2D eigenvalue weighted by atomic mass is 9.64. The highest BCUT2D eigenvalue weighted by Crippen LogP contribution is 2.49. The van der Waals surface area contributed by atoms with Gasteiger partial charge in [0.2, 0.25) is 0 Å². The summed E-state index contributed by atoms with van der Waals surface area (Å²) in [6, 6.07) is 10.4. The number of hydrogen-bond donors (Lipinski definition) is 0. The van der Waals surface area contributed by atoms with Gasteiger partial charge in [-0.25, -0.2) is 0 Å². The van der Waals surface area contributed by atoms with Crippen LogP contribution in [0.4, 0.5) is 0 Å². The summed E-state index contributed by atoms with van der Waals surface area (Å²) in [7, 11) is 8.42. The molecule has 25 heavy (non-hydrogen) atoms. The molecule has 0 bridgehead atoms. The van der Waals surface area contributed by atoms with E-state index in [9.17, 15) is 4.79 Å². The van der Waals surface area contributed by atoms with Crippen LogP contribution in [0.1, 0.15) is 38.2 Å². The van der Waals surface area contributed by atoms with Crippen LogP contribution in [0.25, 0.3) is 0 Å². The lowest BCUT2D eigenvalue weighted by Crippen LogP contribution is -2.54. The van der Waals surface area contributed by atoms with E-state index in [1.165, 1.54) is 6.42 Å². The van der Waals surface area contributed by atoms with Crippen LogP contribution in [0, 0.1) is 11.8 Å². The standard InChI is InChI=1S/C21H34N2O2/c1-6-20(24)25-21(17-11-8-7-9-12-17)18(15-22(2)3)13-10-14-19(21)16-23(4)5/h7-9,11-12,18-19H,6,10,13-16H2,1-5H3/t18-,19-/m0/s1. The topological polar surface area (TPSA) is 32.8 Å². The Bertz CT molecular complexity index is 524. The molecule has 1 fully saturated rings. The molecule has 1 aliphatic carbocycles. The highest BCUT2D eigenvalue weighted by atomic mass is 16.6. The van der Waals surface area contributed by atoms with E-state index in [0.29, 0.717) is 18.3 Å². The minimum atomic E-state index is -0.541. The van der Waals surface area contributed by atoms with E-state index >= 15 is 0 Å². The molecular formula is C21H34N2O2. The molecule has 0 N–H and O–H groups in total. The Kier molecular flexibility index (Phi) is 7.03. The average molecular weight is 347 g/mol. The lowest BCUT2D eigenvalue weighted by Gasteiger charge is -2.50. The predicted molar refractivity (Wildman–Crippen MR) is 102 cm³/mol. The van der Waals surface area contributed by atoms with Crippen molar-refractivity contribution in [2.45, 2.75) is 38.2 Å². The van der Waals surface area contributed by atoms with E-state index in [1.807, 2.05) is 13.0 Å². The Hall–Kier alpha value is -1.39. The number of carbonyl (C=O) groups is 1. The summed E-state index contributed by atoms with van der Waals surface area (Å²) >= 11 is 0. The first-order chi connectivity index (χ1) is 11.9. The van der Waals surface area contributed by atoms with Crippen molar-refractivity contribution in [3.8, 4) is 0 Å². The van der Waals surface area contributed by atoms with Crippen molar-refractivity contribution in [3.05, 3.63) is 35.9 Å². The zero-order valence-electron chi connectivity index (χ0n) is 16.5. The van der Waals surface area contributed by atoms with E-state index in [2.05, 4.69) is 62.3 Å². The lowest BCUT2D eigenvalue weighted by molar-refractivity contribution is -0.187. The molecule has 2 rings (SSSR count). The van der Waals surface area contributed by atoms with Gasteiger partial charge in [-0.1, -0.05) is 43.7 Å². The van der Waals surface area contributed by atoms with Crippen LogP contribution >= 0.6 is 0 Å². The minimum Gasteiger partial charge on any atom is -0.453 e. The first-order valence-electron chi connectivity index (χ1n) is 9.47. The van der Waals surface area contributed by atoms with E-state index in [-0.39, 0.29) is 5.97 Å². The summed E-state index contributed by atoms with van der Waals surface area (Å²) in [5.41, 5.74) is 0.608. The normalized spacial score (nSPS) is 23.0. The Morgan fingerprint density at radius 3 is 2.00 bits per heavy atom. The number of ether oxygens (including phenoxy) is 1. The second-order valence-corrected chi connectivity index (χ2v) is 7.84. The van der Waals surface area contributed by atoms with E-state index < -0.39 is 5.60 Å².